The van der Waals surface area contributed by atoms with Gasteiger partial charge in [-0.1, -0.05) is 60.7 Å². The fourth-order valence-electron chi connectivity index (χ4n) is 4.06. The standard InChI is InChI=1S/C24H25N5O3S/c25-24(26)27-13-7-12-18(23(31)32)29-14-17-20(22(29)30)33-21(28-17)19(15-8-3-1-4-9-15)16-10-5-2-6-11-16/h1-6,8-11,18-19H,7,12-14H2,(H,31,32)(H4,25,26,27)/t18-/m0/s1. The Labute approximate surface area is 195 Å². The maximum Gasteiger partial charge on any atom is 0.326 e. The van der Waals surface area contributed by atoms with E-state index in [1.165, 1.54) is 16.2 Å². The summed E-state index contributed by atoms with van der Waals surface area (Å²) in [5.41, 5.74) is 13.4. The van der Waals surface area contributed by atoms with Crippen LogP contribution in [0.3, 0.4) is 0 Å². The predicted molar refractivity (Wildman–Crippen MR) is 127 cm³/mol. The van der Waals surface area contributed by atoms with Gasteiger partial charge in [-0.2, -0.15) is 0 Å². The molecule has 2 aromatic carbocycles. The predicted octanol–water partition coefficient (Wildman–Crippen LogP) is 2.79. The molecule has 0 saturated carbocycles. The summed E-state index contributed by atoms with van der Waals surface area (Å²) >= 11 is 1.34. The van der Waals surface area contributed by atoms with E-state index in [0.29, 0.717) is 23.5 Å². The first-order valence-electron chi connectivity index (χ1n) is 10.6. The van der Waals surface area contributed by atoms with Crippen molar-refractivity contribution in [2.24, 2.45) is 16.5 Å². The molecule has 0 bridgehead atoms. The van der Waals surface area contributed by atoms with E-state index >= 15 is 0 Å². The van der Waals surface area contributed by atoms with E-state index in [2.05, 4.69) is 29.3 Å². The number of carboxylic acids is 1. The zero-order valence-electron chi connectivity index (χ0n) is 17.9. The molecule has 33 heavy (non-hydrogen) atoms. The highest BCUT2D eigenvalue weighted by atomic mass is 32.1. The number of aromatic nitrogens is 1. The molecule has 0 fully saturated rings. The highest BCUT2D eigenvalue weighted by molar-refractivity contribution is 7.14. The zero-order chi connectivity index (χ0) is 23.4. The zero-order valence-corrected chi connectivity index (χ0v) is 18.7. The molecule has 0 spiro atoms. The summed E-state index contributed by atoms with van der Waals surface area (Å²) in [5.74, 6) is -1.47. The Morgan fingerprint density at radius 2 is 1.70 bits per heavy atom. The topological polar surface area (TPSA) is 135 Å². The third-order valence-corrected chi connectivity index (χ3v) is 6.74. The molecule has 3 aromatic rings. The Kier molecular flexibility index (Phi) is 6.69. The first kappa shape index (κ1) is 22.5. The van der Waals surface area contributed by atoms with Crippen molar-refractivity contribution in [1.29, 1.82) is 0 Å². The number of nitrogens with zero attached hydrogens (tertiary/aromatic N) is 3. The Balaban J connectivity index is 1.58. The molecule has 0 radical (unpaired) electrons. The third-order valence-electron chi connectivity index (χ3n) is 5.59. The van der Waals surface area contributed by atoms with Crippen molar-refractivity contribution in [2.45, 2.75) is 31.3 Å². The van der Waals surface area contributed by atoms with Gasteiger partial charge in [0.1, 0.15) is 15.9 Å². The van der Waals surface area contributed by atoms with E-state index in [1.54, 1.807) is 0 Å². The van der Waals surface area contributed by atoms with E-state index in [9.17, 15) is 14.7 Å². The van der Waals surface area contributed by atoms with Gasteiger partial charge < -0.3 is 21.5 Å². The second kappa shape index (κ2) is 9.83. The van der Waals surface area contributed by atoms with Crippen molar-refractivity contribution in [1.82, 2.24) is 9.88 Å². The van der Waals surface area contributed by atoms with Crippen molar-refractivity contribution in [3.8, 4) is 0 Å². The largest absolute Gasteiger partial charge is 0.480 e. The normalized spacial score (nSPS) is 13.7. The van der Waals surface area contributed by atoms with Crippen LogP contribution in [0.1, 0.15) is 50.3 Å². The average molecular weight is 464 g/mol. The first-order valence-corrected chi connectivity index (χ1v) is 11.5. The van der Waals surface area contributed by atoms with E-state index in [1.807, 2.05) is 36.4 Å². The number of carboxylic acid groups (broad SMARTS) is 1. The molecular weight excluding hydrogens is 438 g/mol. The van der Waals surface area contributed by atoms with Gasteiger partial charge in [-0.05, 0) is 24.0 Å². The van der Waals surface area contributed by atoms with Gasteiger partial charge in [-0.3, -0.25) is 9.79 Å². The molecule has 1 aliphatic rings. The third kappa shape index (κ3) is 4.88. The van der Waals surface area contributed by atoms with Crippen LogP contribution < -0.4 is 11.5 Å². The molecule has 8 nitrogen and oxygen atoms in total. The highest BCUT2D eigenvalue weighted by Crippen LogP contribution is 2.39. The minimum absolute atomic E-state index is 0.0376. The lowest BCUT2D eigenvalue weighted by Crippen LogP contribution is -2.41. The quantitative estimate of drug-likeness (QED) is 0.254. The van der Waals surface area contributed by atoms with Gasteiger partial charge in [-0.25, -0.2) is 9.78 Å². The lowest BCUT2D eigenvalue weighted by molar-refractivity contribution is -0.142. The van der Waals surface area contributed by atoms with Crippen LogP contribution in [0.15, 0.2) is 65.7 Å². The van der Waals surface area contributed by atoms with Gasteiger partial charge in [0.25, 0.3) is 5.91 Å². The van der Waals surface area contributed by atoms with Gasteiger partial charge in [0, 0.05) is 6.54 Å². The second-order valence-electron chi connectivity index (χ2n) is 7.82. The summed E-state index contributed by atoms with van der Waals surface area (Å²) in [4.78, 5) is 35.6. The number of hydrogen-bond donors (Lipinski definition) is 3. The molecule has 0 saturated heterocycles. The molecule has 1 aliphatic heterocycles. The number of aliphatic imine (C=N–C) groups is 1. The van der Waals surface area contributed by atoms with Crippen molar-refractivity contribution in [3.05, 3.63) is 87.4 Å². The molecule has 1 atom stereocenters. The SMILES string of the molecule is NC(N)=NCCC[C@@H](C(=O)O)N1Cc2nc(C(c3ccccc3)c3ccccc3)sc2C1=O. The summed E-state index contributed by atoms with van der Waals surface area (Å²) in [6.45, 7) is 0.494. The van der Waals surface area contributed by atoms with Crippen molar-refractivity contribution in [2.75, 3.05) is 6.54 Å². The summed E-state index contributed by atoms with van der Waals surface area (Å²) in [6.07, 6.45) is 0.714. The maximum absolute atomic E-state index is 13.2. The molecule has 4 rings (SSSR count). The Bertz CT molecular complexity index is 1120. The highest BCUT2D eigenvalue weighted by Gasteiger charge is 2.39. The first-order chi connectivity index (χ1) is 16.0. The molecule has 0 unspecified atom stereocenters. The smallest absolute Gasteiger partial charge is 0.326 e. The number of carbonyl (C=O) groups is 2. The molecule has 170 valence electrons. The van der Waals surface area contributed by atoms with Crippen LogP contribution in [0, 0.1) is 0 Å². The van der Waals surface area contributed by atoms with E-state index < -0.39 is 12.0 Å². The number of hydrogen-bond acceptors (Lipinski definition) is 5. The van der Waals surface area contributed by atoms with Gasteiger partial charge >= 0.3 is 5.97 Å². The Morgan fingerprint density at radius 3 is 2.21 bits per heavy atom. The minimum atomic E-state index is -1.05. The van der Waals surface area contributed by atoms with Crippen LogP contribution in [-0.4, -0.2) is 45.4 Å². The summed E-state index contributed by atoms with van der Waals surface area (Å²) in [5, 5.41) is 10.5. The molecule has 9 heteroatoms. The van der Waals surface area contributed by atoms with Crippen LogP contribution >= 0.6 is 11.3 Å². The van der Waals surface area contributed by atoms with Gasteiger partial charge in [-0.15, -0.1) is 11.3 Å². The van der Waals surface area contributed by atoms with Crippen LogP contribution in [0.25, 0.3) is 0 Å². The number of carbonyl (C=O) groups excluding carboxylic acids is 1. The van der Waals surface area contributed by atoms with Crippen LogP contribution in [0.4, 0.5) is 0 Å². The van der Waals surface area contributed by atoms with Crippen LogP contribution in [0.5, 0.6) is 0 Å². The number of amides is 1. The maximum atomic E-state index is 13.2. The molecule has 1 amide bonds. The fourth-order valence-corrected chi connectivity index (χ4v) is 5.24. The lowest BCUT2D eigenvalue weighted by Gasteiger charge is -2.24. The number of nitrogens with two attached hydrogens (primary N) is 2. The summed E-state index contributed by atoms with van der Waals surface area (Å²) < 4.78 is 0. The Morgan fingerprint density at radius 1 is 1.09 bits per heavy atom. The molecule has 5 N–H and O–H groups in total. The van der Waals surface area contributed by atoms with E-state index in [0.717, 1.165) is 16.1 Å². The monoisotopic (exact) mass is 463 g/mol. The van der Waals surface area contributed by atoms with Crippen LogP contribution in [0.2, 0.25) is 0 Å². The number of aliphatic carboxylic acids is 1. The van der Waals surface area contributed by atoms with Crippen LogP contribution in [-0.2, 0) is 11.3 Å². The fraction of sp³-hybridized carbons (Fsp3) is 0.250. The number of benzene rings is 2. The molecule has 1 aromatic heterocycles. The van der Waals surface area contributed by atoms with Crippen molar-refractivity contribution >= 4 is 29.2 Å². The number of guanidine groups is 1. The number of rotatable bonds is 9. The van der Waals surface area contributed by atoms with E-state index in [4.69, 9.17) is 16.5 Å². The molecular formula is C24H25N5O3S. The number of thiazole rings is 1. The van der Waals surface area contributed by atoms with Crippen molar-refractivity contribution < 1.29 is 14.7 Å². The van der Waals surface area contributed by atoms with Gasteiger partial charge in [0.15, 0.2) is 5.96 Å². The van der Waals surface area contributed by atoms with Gasteiger partial charge in [0.2, 0.25) is 0 Å². The second-order valence-corrected chi connectivity index (χ2v) is 8.85. The molecule has 2 heterocycles. The lowest BCUT2D eigenvalue weighted by atomic mass is 9.92. The van der Waals surface area contributed by atoms with Crippen molar-refractivity contribution in [3.63, 3.8) is 0 Å². The number of fused-ring (bicyclic) bond motifs is 1. The average Bonchev–Trinajstić information content (AvgIpc) is 3.34. The summed E-state index contributed by atoms with van der Waals surface area (Å²) in [6, 6.07) is 19.1. The van der Waals surface area contributed by atoms with Gasteiger partial charge in [0.05, 0.1) is 18.2 Å². The summed E-state index contributed by atoms with van der Waals surface area (Å²) in [7, 11) is 0. The Hall–Kier alpha value is -3.72. The minimum Gasteiger partial charge on any atom is -0.480 e. The molecule has 0 aliphatic carbocycles. The van der Waals surface area contributed by atoms with E-state index in [-0.39, 0.29) is 30.8 Å².